The quantitative estimate of drug-likeness (QED) is 0.745. The van der Waals surface area contributed by atoms with E-state index in [1.807, 2.05) is 0 Å². The lowest BCUT2D eigenvalue weighted by Gasteiger charge is -2.27. The first-order chi connectivity index (χ1) is 6.77. The summed E-state index contributed by atoms with van der Waals surface area (Å²) in [6.07, 6.45) is 6.46. The normalized spacial score (nSPS) is 27.6. The molecule has 0 saturated heterocycles. The standard InChI is InChI=1S/C11H14FNO/c12-9-5-8(6-13-7-9)10-3-1-2-4-11(10)14/h5-7,10-11,14H,1-4H2. The minimum Gasteiger partial charge on any atom is -0.392 e. The van der Waals surface area contributed by atoms with Gasteiger partial charge in [0.2, 0.25) is 0 Å². The second-order valence-electron chi connectivity index (χ2n) is 3.89. The van der Waals surface area contributed by atoms with Gasteiger partial charge in [0.05, 0.1) is 12.3 Å². The van der Waals surface area contributed by atoms with Gasteiger partial charge in [-0.2, -0.15) is 0 Å². The van der Waals surface area contributed by atoms with Crippen molar-refractivity contribution in [2.75, 3.05) is 0 Å². The number of aliphatic hydroxyl groups excluding tert-OH is 1. The molecule has 0 aromatic carbocycles. The minimum atomic E-state index is -0.327. The Hall–Kier alpha value is -0.960. The zero-order valence-electron chi connectivity index (χ0n) is 7.99. The van der Waals surface area contributed by atoms with Gasteiger partial charge in [0.1, 0.15) is 5.82 Å². The van der Waals surface area contributed by atoms with E-state index in [2.05, 4.69) is 4.98 Å². The highest BCUT2D eigenvalue weighted by atomic mass is 19.1. The van der Waals surface area contributed by atoms with E-state index in [0.717, 1.165) is 31.2 Å². The molecule has 1 heterocycles. The molecule has 1 aromatic heterocycles. The lowest BCUT2D eigenvalue weighted by Crippen LogP contribution is -2.22. The van der Waals surface area contributed by atoms with Crippen molar-refractivity contribution < 1.29 is 9.50 Å². The van der Waals surface area contributed by atoms with E-state index < -0.39 is 0 Å². The molecule has 2 unspecified atom stereocenters. The Morgan fingerprint density at radius 3 is 2.79 bits per heavy atom. The first-order valence-corrected chi connectivity index (χ1v) is 5.06. The van der Waals surface area contributed by atoms with Crippen molar-refractivity contribution in [3.63, 3.8) is 0 Å². The SMILES string of the molecule is OC1CCCCC1c1cncc(F)c1. The van der Waals surface area contributed by atoms with E-state index in [-0.39, 0.29) is 17.8 Å². The maximum absolute atomic E-state index is 12.9. The van der Waals surface area contributed by atoms with Crippen LogP contribution in [0, 0.1) is 5.82 Å². The van der Waals surface area contributed by atoms with Crippen LogP contribution in [0.2, 0.25) is 0 Å². The van der Waals surface area contributed by atoms with Gasteiger partial charge in [-0.1, -0.05) is 12.8 Å². The highest BCUT2D eigenvalue weighted by Crippen LogP contribution is 2.32. The Bertz CT molecular complexity index is 316. The summed E-state index contributed by atoms with van der Waals surface area (Å²) in [6, 6.07) is 1.48. The summed E-state index contributed by atoms with van der Waals surface area (Å²) in [5.74, 6) is -0.243. The van der Waals surface area contributed by atoms with Gasteiger partial charge >= 0.3 is 0 Å². The zero-order valence-corrected chi connectivity index (χ0v) is 7.99. The van der Waals surface area contributed by atoms with Crippen LogP contribution in [-0.2, 0) is 0 Å². The molecule has 0 bridgehead atoms. The molecular weight excluding hydrogens is 181 g/mol. The average molecular weight is 195 g/mol. The van der Waals surface area contributed by atoms with Crippen molar-refractivity contribution in [3.05, 3.63) is 29.8 Å². The van der Waals surface area contributed by atoms with Gasteiger partial charge in [0.25, 0.3) is 0 Å². The smallest absolute Gasteiger partial charge is 0.141 e. The number of hydrogen-bond acceptors (Lipinski definition) is 2. The molecular formula is C11H14FNO. The van der Waals surface area contributed by atoms with Crippen LogP contribution in [0.15, 0.2) is 18.5 Å². The van der Waals surface area contributed by atoms with Gasteiger partial charge in [0.15, 0.2) is 0 Å². The molecule has 1 aliphatic rings. The Labute approximate surface area is 82.8 Å². The Kier molecular flexibility index (Phi) is 2.77. The van der Waals surface area contributed by atoms with Gasteiger partial charge in [-0.3, -0.25) is 4.98 Å². The van der Waals surface area contributed by atoms with Gasteiger partial charge in [-0.25, -0.2) is 4.39 Å². The third-order valence-corrected chi connectivity index (χ3v) is 2.88. The number of rotatable bonds is 1. The fourth-order valence-electron chi connectivity index (χ4n) is 2.13. The third kappa shape index (κ3) is 1.93. The highest BCUT2D eigenvalue weighted by molar-refractivity contribution is 5.17. The predicted molar refractivity (Wildman–Crippen MR) is 51.4 cm³/mol. The maximum Gasteiger partial charge on any atom is 0.141 e. The summed E-state index contributed by atoms with van der Waals surface area (Å²) < 4.78 is 12.9. The van der Waals surface area contributed by atoms with E-state index >= 15 is 0 Å². The van der Waals surface area contributed by atoms with Gasteiger partial charge < -0.3 is 5.11 Å². The number of halogens is 1. The summed E-state index contributed by atoms with van der Waals surface area (Å²) in [4.78, 5) is 3.81. The van der Waals surface area contributed by atoms with Gasteiger partial charge in [0, 0.05) is 12.1 Å². The molecule has 1 N–H and O–H groups in total. The summed E-state index contributed by atoms with van der Waals surface area (Å²) in [5.41, 5.74) is 0.831. The molecule has 0 spiro atoms. The second-order valence-corrected chi connectivity index (χ2v) is 3.89. The average Bonchev–Trinajstić information content (AvgIpc) is 2.18. The van der Waals surface area contributed by atoms with E-state index in [1.54, 1.807) is 6.20 Å². The van der Waals surface area contributed by atoms with Crippen LogP contribution in [0.1, 0.15) is 37.2 Å². The van der Waals surface area contributed by atoms with E-state index in [9.17, 15) is 9.50 Å². The molecule has 1 aromatic rings. The first kappa shape index (κ1) is 9.59. The van der Waals surface area contributed by atoms with Crippen LogP contribution in [0.5, 0.6) is 0 Å². The van der Waals surface area contributed by atoms with Crippen molar-refractivity contribution in [3.8, 4) is 0 Å². The molecule has 14 heavy (non-hydrogen) atoms. The van der Waals surface area contributed by atoms with Gasteiger partial charge in [-0.15, -0.1) is 0 Å². The molecule has 0 aliphatic heterocycles. The van der Waals surface area contributed by atoms with Crippen molar-refractivity contribution >= 4 is 0 Å². The van der Waals surface area contributed by atoms with Crippen molar-refractivity contribution in [2.24, 2.45) is 0 Å². The van der Waals surface area contributed by atoms with Crippen molar-refractivity contribution in [1.29, 1.82) is 0 Å². The molecule has 1 saturated carbocycles. The van der Waals surface area contributed by atoms with E-state index in [0.29, 0.717) is 0 Å². The molecule has 0 amide bonds. The molecule has 2 atom stereocenters. The fourth-order valence-corrected chi connectivity index (χ4v) is 2.13. The van der Waals surface area contributed by atoms with E-state index in [4.69, 9.17) is 0 Å². The number of nitrogens with zero attached hydrogens (tertiary/aromatic N) is 1. The zero-order chi connectivity index (χ0) is 9.97. The Balaban J connectivity index is 2.20. The lowest BCUT2D eigenvalue weighted by molar-refractivity contribution is 0.106. The van der Waals surface area contributed by atoms with Crippen LogP contribution in [0.25, 0.3) is 0 Å². The van der Waals surface area contributed by atoms with Crippen LogP contribution in [-0.4, -0.2) is 16.2 Å². The van der Waals surface area contributed by atoms with Crippen LogP contribution in [0.3, 0.4) is 0 Å². The van der Waals surface area contributed by atoms with Crippen molar-refractivity contribution in [1.82, 2.24) is 4.98 Å². The molecule has 76 valence electrons. The number of aliphatic hydroxyl groups is 1. The molecule has 3 heteroatoms. The van der Waals surface area contributed by atoms with Crippen LogP contribution in [0.4, 0.5) is 4.39 Å². The molecule has 0 radical (unpaired) electrons. The summed E-state index contributed by atoms with van der Waals surface area (Å²) in [7, 11) is 0. The molecule has 1 aliphatic carbocycles. The second kappa shape index (κ2) is 4.05. The molecule has 1 fully saturated rings. The lowest BCUT2D eigenvalue weighted by atomic mass is 9.82. The minimum absolute atomic E-state index is 0.0759. The predicted octanol–water partition coefficient (Wildman–Crippen LogP) is 2.24. The Morgan fingerprint density at radius 1 is 1.29 bits per heavy atom. The number of aromatic nitrogens is 1. The summed E-state index contributed by atoms with van der Waals surface area (Å²) >= 11 is 0. The maximum atomic E-state index is 12.9. The fraction of sp³-hybridized carbons (Fsp3) is 0.545. The molecule has 2 rings (SSSR count). The first-order valence-electron chi connectivity index (χ1n) is 5.06. The van der Waals surface area contributed by atoms with E-state index in [1.165, 1.54) is 12.3 Å². The largest absolute Gasteiger partial charge is 0.392 e. The number of hydrogen-bond donors (Lipinski definition) is 1. The van der Waals surface area contributed by atoms with Crippen LogP contribution < -0.4 is 0 Å². The summed E-state index contributed by atoms with van der Waals surface area (Å²) in [6.45, 7) is 0. The monoisotopic (exact) mass is 195 g/mol. The highest BCUT2D eigenvalue weighted by Gasteiger charge is 2.24. The van der Waals surface area contributed by atoms with Crippen LogP contribution >= 0.6 is 0 Å². The Morgan fingerprint density at radius 2 is 2.07 bits per heavy atom. The number of pyridine rings is 1. The third-order valence-electron chi connectivity index (χ3n) is 2.88. The van der Waals surface area contributed by atoms with Crippen molar-refractivity contribution in [2.45, 2.75) is 37.7 Å². The molecule has 2 nitrogen and oxygen atoms in total. The van der Waals surface area contributed by atoms with Gasteiger partial charge in [-0.05, 0) is 24.5 Å². The summed E-state index contributed by atoms with van der Waals surface area (Å²) in [5, 5.41) is 9.76. The topological polar surface area (TPSA) is 33.1 Å².